The van der Waals surface area contributed by atoms with Gasteiger partial charge in [-0.05, 0) is 36.6 Å². The van der Waals surface area contributed by atoms with Crippen LogP contribution < -0.4 is 10.2 Å². The number of likely N-dealkylation sites (tertiary alicyclic amines) is 1. The van der Waals surface area contributed by atoms with Crippen LogP contribution in [0.4, 0.5) is 18.9 Å². The number of aliphatic hydroxyl groups excluding tert-OH is 1. The fourth-order valence-corrected chi connectivity index (χ4v) is 4.46. The van der Waals surface area contributed by atoms with E-state index >= 15 is 0 Å². The minimum absolute atomic E-state index is 0.0577. The zero-order valence-electron chi connectivity index (χ0n) is 16.7. The minimum atomic E-state index is -4.47. The van der Waals surface area contributed by atoms with Crippen LogP contribution >= 0.6 is 0 Å². The van der Waals surface area contributed by atoms with Crippen LogP contribution in [0.2, 0.25) is 0 Å². The summed E-state index contributed by atoms with van der Waals surface area (Å²) in [6.07, 6.45) is -2.65. The second-order valence-electron chi connectivity index (χ2n) is 8.39. The fourth-order valence-electron chi connectivity index (χ4n) is 4.46. The van der Waals surface area contributed by atoms with Crippen LogP contribution in [-0.2, 0) is 11.0 Å². The van der Waals surface area contributed by atoms with Gasteiger partial charge in [-0.2, -0.15) is 13.2 Å². The molecular formula is C21H25F3N4O2. The first kappa shape index (κ1) is 20.9. The standard InChI is InChI=1S/C21H25F3N4O2/c1-13-7-14(26-19(30)12-27-10-15(29)11-27)9-28(8-13)18-5-4-17(21(22,23)24)20-16(18)3-2-6-25-20/h2-6,13-15,29H,7-12H2,1H3,(H,26,30)/t13-,14+/m0/s1. The number of rotatable bonds is 4. The molecule has 162 valence electrons. The lowest BCUT2D eigenvalue weighted by Crippen LogP contribution is -2.56. The number of pyridine rings is 1. The quantitative estimate of drug-likeness (QED) is 0.791. The third kappa shape index (κ3) is 4.37. The number of aromatic nitrogens is 1. The molecule has 3 heterocycles. The number of carbonyl (C=O) groups excluding carboxylic acids is 1. The summed E-state index contributed by atoms with van der Waals surface area (Å²) < 4.78 is 40.2. The zero-order chi connectivity index (χ0) is 21.5. The van der Waals surface area contributed by atoms with Gasteiger partial charge >= 0.3 is 6.18 Å². The first-order chi connectivity index (χ1) is 14.2. The van der Waals surface area contributed by atoms with Crippen molar-refractivity contribution in [2.24, 2.45) is 5.92 Å². The Morgan fingerprint density at radius 2 is 2.00 bits per heavy atom. The van der Waals surface area contributed by atoms with E-state index in [0.717, 1.165) is 12.5 Å². The summed E-state index contributed by atoms with van der Waals surface area (Å²) in [6.45, 7) is 4.54. The Kier molecular flexibility index (Phi) is 5.59. The Morgan fingerprint density at radius 1 is 1.23 bits per heavy atom. The predicted molar refractivity (Wildman–Crippen MR) is 107 cm³/mol. The summed E-state index contributed by atoms with van der Waals surface area (Å²) >= 11 is 0. The van der Waals surface area contributed by atoms with Crippen molar-refractivity contribution in [1.82, 2.24) is 15.2 Å². The first-order valence-electron chi connectivity index (χ1n) is 10.1. The van der Waals surface area contributed by atoms with Gasteiger partial charge in [-0.3, -0.25) is 14.7 Å². The molecule has 1 amide bonds. The summed E-state index contributed by atoms with van der Waals surface area (Å²) in [7, 11) is 0. The van der Waals surface area contributed by atoms with Crippen molar-refractivity contribution in [3.05, 3.63) is 36.0 Å². The van der Waals surface area contributed by atoms with Gasteiger partial charge in [0.05, 0.1) is 23.7 Å². The number of aliphatic hydroxyl groups is 1. The van der Waals surface area contributed by atoms with Crippen molar-refractivity contribution >= 4 is 22.5 Å². The number of hydrogen-bond acceptors (Lipinski definition) is 5. The average Bonchev–Trinajstić information content (AvgIpc) is 2.64. The molecule has 2 N–H and O–H groups in total. The number of piperidine rings is 1. The van der Waals surface area contributed by atoms with Crippen molar-refractivity contribution in [3.63, 3.8) is 0 Å². The van der Waals surface area contributed by atoms with Crippen molar-refractivity contribution < 1.29 is 23.1 Å². The zero-order valence-corrected chi connectivity index (χ0v) is 16.7. The molecule has 6 nitrogen and oxygen atoms in total. The second kappa shape index (κ2) is 8.03. The van der Waals surface area contributed by atoms with Crippen molar-refractivity contribution in [2.45, 2.75) is 31.7 Å². The lowest BCUT2D eigenvalue weighted by atomic mass is 9.94. The number of anilines is 1. The lowest BCUT2D eigenvalue weighted by molar-refractivity contribution is -0.136. The van der Waals surface area contributed by atoms with E-state index in [9.17, 15) is 23.1 Å². The Hall–Kier alpha value is -2.39. The number of hydrogen-bond donors (Lipinski definition) is 2. The number of fused-ring (bicyclic) bond motifs is 1. The molecule has 0 spiro atoms. The van der Waals surface area contributed by atoms with E-state index in [1.54, 1.807) is 12.1 Å². The molecule has 0 saturated carbocycles. The van der Waals surface area contributed by atoms with Gasteiger partial charge < -0.3 is 15.3 Å². The average molecular weight is 422 g/mol. The van der Waals surface area contributed by atoms with Gasteiger partial charge in [-0.25, -0.2) is 0 Å². The second-order valence-corrected chi connectivity index (χ2v) is 8.39. The Bertz CT molecular complexity index is 930. The van der Waals surface area contributed by atoms with Gasteiger partial charge in [0.25, 0.3) is 0 Å². The van der Waals surface area contributed by atoms with E-state index in [4.69, 9.17) is 0 Å². The largest absolute Gasteiger partial charge is 0.418 e. The van der Waals surface area contributed by atoms with Crippen LogP contribution in [0.1, 0.15) is 18.9 Å². The molecule has 0 bridgehead atoms. The third-order valence-electron chi connectivity index (χ3n) is 5.72. The molecule has 30 heavy (non-hydrogen) atoms. The maximum atomic E-state index is 13.4. The smallest absolute Gasteiger partial charge is 0.390 e. The van der Waals surface area contributed by atoms with E-state index in [-0.39, 0.29) is 36.0 Å². The molecule has 2 aliphatic heterocycles. The third-order valence-corrected chi connectivity index (χ3v) is 5.72. The van der Waals surface area contributed by atoms with Gasteiger partial charge in [0, 0.05) is 49.5 Å². The van der Waals surface area contributed by atoms with Crippen LogP contribution in [0.15, 0.2) is 30.5 Å². The van der Waals surface area contributed by atoms with Crippen molar-refractivity contribution in [1.29, 1.82) is 0 Å². The van der Waals surface area contributed by atoms with Gasteiger partial charge in [-0.15, -0.1) is 0 Å². The van der Waals surface area contributed by atoms with E-state index < -0.39 is 11.7 Å². The molecule has 2 aromatic rings. The lowest BCUT2D eigenvalue weighted by Gasteiger charge is -2.40. The summed E-state index contributed by atoms with van der Waals surface area (Å²) in [5, 5.41) is 12.9. The van der Waals surface area contributed by atoms with Crippen LogP contribution in [0.5, 0.6) is 0 Å². The molecule has 2 atom stereocenters. The van der Waals surface area contributed by atoms with Gasteiger partial charge in [0.15, 0.2) is 0 Å². The van der Waals surface area contributed by atoms with Gasteiger partial charge in [-0.1, -0.05) is 6.92 Å². The maximum absolute atomic E-state index is 13.4. The Balaban J connectivity index is 1.53. The maximum Gasteiger partial charge on any atom is 0.418 e. The van der Waals surface area contributed by atoms with Crippen LogP contribution in [-0.4, -0.2) is 65.8 Å². The molecule has 2 aliphatic rings. The molecule has 1 aromatic heterocycles. The topological polar surface area (TPSA) is 68.7 Å². The highest BCUT2D eigenvalue weighted by atomic mass is 19.4. The van der Waals surface area contributed by atoms with Crippen LogP contribution in [0.25, 0.3) is 10.9 Å². The fraction of sp³-hybridized carbons (Fsp3) is 0.524. The highest BCUT2D eigenvalue weighted by Crippen LogP contribution is 2.38. The summed E-state index contributed by atoms with van der Waals surface area (Å²) in [5.74, 6) is 0.170. The van der Waals surface area contributed by atoms with Gasteiger partial charge in [0.1, 0.15) is 0 Å². The minimum Gasteiger partial charge on any atom is -0.390 e. The highest BCUT2D eigenvalue weighted by molar-refractivity contribution is 5.94. The molecule has 1 aromatic carbocycles. The molecule has 2 fully saturated rings. The summed E-state index contributed by atoms with van der Waals surface area (Å²) in [6, 6.07) is 5.80. The molecule has 0 radical (unpaired) electrons. The van der Waals surface area contributed by atoms with E-state index in [1.807, 2.05) is 9.80 Å². The molecule has 2 saturated heterocycles. The summed E-state index contributed by atoms with van der Waals surface area (Å²) in [4.78, 5) is 20.3. The Labute approximate surface area is 172 Å². The van der Waals surface area contributed by atoms with Crippen molar-refractivity contribution in [3.8, 4) is 0 Å². The molecular weight excluding hydrogens is 397 g/mol. The molecule has 9 heteroatoms. The number of amides is 1. The molecule has 4 rings (SSSR count). The molecule has 0 unspecified atom stereocenters. The SMILES string of the molecule is C[C@H]1C[C@@H](NC(=O)CN2CC(O)C2)CN(c2ccc(C(F)(F)F)c3ncccc23)C1. The van der Waals surface area contributed by atoms with E-state index in [0.29, 0.717) is 37.3 Å². The number of nitrogens with one attached hydrogen (secondary N) is 1. The Morgan fingerprint density at radius 3 is 2.70 bits per heavy atom. The van der Waals surface area contributed by atoms with Gasteiger partial charge in [0.2, 0.25) is 5.91 Å². The number of alkyl halides is 3. The summed E-state index contributed by atoms with van der Waals surface area (Å²) in [5.41, 5.74) is -0.103. The van der Waals surface area contributed by atoms with Crippen LogP contribution in [0, 0.1) is 5.92 Å². The molecule has 0 aliphatic carbocycles. The van der Waals surface area contributed by atoms with E-state index in [1.165, 1.54) is 12.3 Å². The van der Waals surface area contributed by atoms with Crippen molar-refractivity contribution in [2.75, 3.05) is 37.6 Å². The number of carbonyl (C=O) groups is 1. The predicted octanol–water partition coefficient (Wildman–Crippen LogP) is 2.26. The van der Waals surface area contributed by atoms with Crippen LogP contribution in [0.3, 0.4) is 0 Å². The van der Waals surface area contributed by atoms with E-state index in [2.05, 4.69) is 17.2 Å². The normalized spacial score (nSPS) is 23.4. The number of β-amino-alcohol motifs (C(OH)–C–C–N with tert-alkyl or cyclic N) is 1. The monoisotopic (exact) mass is 422 g/mol. The highest BCUT2D eigenvalue weighted by Gasteiger charge is 2.35. The number of halogens is 3. The number of benzene rings is 1. The first-order valence-corrected chi connectivity index (χ1v) is 10.1. The number of nitrogens with zero attached hydrogens (tertiary/aromatic N) is 3.